The Labute approximate surface area is 206 Å². The molecule has 2 aliphatic heterocycles. The number of hydrogen-bond acceptors (Lipinski definition) is 9. The van der Waals surface area contributed by atoms with E-state index in [2.05, 4.69) is 20.3 Å². The lowest BCUT2D eigenvalue weighted by Gasteiger charge is -2.25. The van der Waals surface area contributed by atoms with Crippen molar-refractivity contribution in [2.45, 2.75) is 44.2 Å². The van der Waals surface area contributed by atoms with Crippen molar-refractivity contribution >= 4 is 33.7 Å². The van der Waals surface area contributed by atoms with Crippen LogP contribution >= 0.6 is 0 Å². The highest BCUT2D eigenvalue weighted by Gasteiger charge is 2.56. The number of rotatable bonds is 5. The molecule has 2 saturated heterocycles. The van der Waals surface area contributed by atoms with Crippen LogP contribution in [0.25, 0.3) is 21.9 Å². The highest BCUT2D eigenvalue weighted by Crippen LogP contribution is 2.44. The van der Waals surface area contributed by atoms with Gasteiger partial charge >= 0.3 is 0 Å². The lowest BCUT2D eigenvalue weighted by molar-refractivity contribution is -0.198. The molecular weight excluding hydrogens is 464 g/mol. The maximum absolute atomic E-state index is 12.0. The van der Waals surface area contributed by atoms with Crippen molar-refractivity contribution in [3.63, 3.8) is 0 Å². The number of aromatic nitrogens is 4. The Morgan fingerprint density at radius 3 is 2.81 bits per heavy atom. The zero-order chi connectivity index (χ0) is 25.0. The van der Waals surface area contributed by atoms with E-state index in [9.17, 15) is 4.79 Å². The summed E-state index contributed by atoms with van der Waals surface area (Å²) in [5.41, 5.74) is 7.69. The first-order chi connectivity index (χ1) is 17.3. The number of carbonyl (C=O) groups is 1. The number of nitrogens with one attached hydrogen (secondary N) is 1. The van der Waals surface area contributed by atoms with Crippen LogP contribution in [0.3, 0.4) is 0 Å². The van der Waals surface area contributed by atoms with Gasteiger partial charge in [-0.25, -0.2) is 15.0 Å². The van der Waals surface area contributed by atoms with E-state index < -0.39 is 18.1 Å². The Balaban J connectivity index is 1.25. The molecular formula is C25H26N6O5. The first-order valence-corrected chi connectivity index (χ1v) is 11.7. The molecule has 186 valence electrons. The highest BCUT2D eigenvalue weighted by molar-refractivity contribution is 5.94. The van der Waals surface area contributed by atoms with Gasteiger partial charge in [-0.1, -0.05) is 6.07 Å². The van der Waals surface area contributed by atoms with Gasteiger partial charge in [0.1, 0.15) is 54.2 Å². The molecule has 0 unspecified atom stereocenters. The third-order valence-electron chi connectivity index (χ3n) is 6.48. The summed E-state index contributed by atoms with van der Waals surface area (Å²) >= 11 is 0. The number of nitrogens with zero attached hydrogens (tertiary/aromatic N) is 4. The molecule has 2 fully saturated rings. The second-order valence-electron chi connectivity index (χ2n) is 9.29. The molecule has 0 aliphatic carbocycles. The zero-order valence-corrected chi connectivity index (χ0v) is 20.0. The summed E-state index contributed by atoms with van der Waals surface area (Å²) < 4.78 is 26.9. The van der Waals surface area contributed by atoms with Gasteiger partial charge in [0, 0.05) is 24.7 Å². The first-order valence-electron chi connectivity index (χ1n) is 11.7. The van der Waals surface area contributed by atoms with Crippen molar-refractivity contribution in [3.8, 4) is 5.75 Å². The number of pyridine rings is 1. The average Bonchev–Trinajstić information content (AvgIpc) is 3.53. The van der Waals surface area contributed by atoms with Crippen molar-refractivity contribution in [1.82, 2.24) is 24.8 Å². The summed E-state index contributed by atoms with van der Waals surface area (Å²) in [6, 6.07) is 11.0. The Kier molecular flexibility index (Phi) is 5.29. The molecule has 0 radical (unpaired) electrons. The normalized spacial score (nSPS) is 24.8. The van der Waals surface area contributed by atoms with Crippen LogP contribution in [-0.2, 0) is 14.2 Å². The fourth-order valence-electron chi connectivity index (χ4n) is 4.83. The van der Waals surface area contributed by atoms with E-state index in [1.165, 1.54) is 6.33 Å². The van der Waals surface area contributed by atoms with Crippen molar-refractivity contribution < 1.29 is 23.7 Å². The lowest BCUT2D eigenvalue weighted by Crippen LogP contribution is -2.33. The van der Waals surface area contributed by atoms with E-state index in [0.29, 0.717) is 28.4 Å². The molecule has 6 rings (SSSR count). The minimum absolute atomic E-state index is 0.230. The molecule has 4 aromatic rings. The predicted molar refractivity (Wildman–Crippen MR) is 130 cm³/mol. The van der Waals surface area contributed by atoms with Crippen LogP contribution in [0.15, 0.2) is 48.9 Å². The van der Waals surface area contributed by atoms with E-state index >= 15 is 0 Å². The lowest BCUT2D eigenvalue weighted by atomic mass is 10.1. The summed E-state index contributed by atoms with van der Waals surface area (Å²) in [7, 11) is 1.57. The fraction of sp³-hybridized carbons (Fsp3) is 0.360. The standard InChI is InChI=1S/C25H26N6O5/c1-25(2)35-19-18(11-33-14-6-4-13-5-7-16(23(32)27-3)30-17(13)10-14)34-24(20(19)36-25)31-9-8-15-21(26)28-12-29-22(15)31/h4-10,12,18-20,24H,11H2,1-3H3,(H,27,32)(H2,26,28,29)/t18-,19-,20-,24-/m1/s1. The molecule has 4 atom stereocenters. The molecule has 1 amide bonds. The Morgan fingerprint density at radius 1 is 1.17 bits per heavy atom. The fourth-order valence-corrected chi connectivity index (χ4v) is 4.83. The maximum Gasteiger partial charge on any atom is 0.269 e. The van der Waals surface area contributed by atoms with Crippen LogP contribution in [0.5, 0.6) is 5.75 Å². The quantitative estimate of drug-likeness (QED) is 0.432. The number of amides is 1. The van der Waals surface area contributed by atoms with Gasteiger partial charge < -0.3 is 34.6 Å². The van der Waals surface area contributed by atoms with Gasteiger partial charge in [-0.05, 0) is 38.1 Å². The number of ether oxygens (including phenoxy) is 4. The highest BCUT2D eigenvalue weighted by atomic mass is 16.8. The Bertz CT molecular complexity index is 1470. The van der Waals surface area contributed by atoms with E-state index in [1.54, 1.807) is 19.2 Å². The van der Waals surface area contributed by atoms with Gasteiger partial charge in [0.05, 0.1) is 10.9 Å². The van der Waals surface area contributed by atoms with Crippen molar-refractivity contribution in [1.29, 1.82) is 0 Å². The van der Waals surface area contributed by atoms with E-state index in [0.717, 1.165) is 10.8 Å². The largest absolute Gasteiger partial charge is 0.491 e. The molecule has 3 aromatic heterocycles. The topological polar surface area (TPSA) is 136 Å². The molecule has 3 N–H and O–H groups in total. The summed E-state index contributed by atoms with van der Waals surface area (Å²) in [5.74, 6) is -0.0000312. The van der Waals surface area contributed by atoms with E-state index in [1.807, 2.05) is 48.9 Å². The number of nitrogens with two attached hydrogens (primary N) is 1. The third kappa shape index (κ3) is 3.81. The van der Waals surface area contributed by atoms with Crippen LogP contribution < -0.4 is 15.8 Å². The number of anilines is 1. The Hall–Kier alpha value is -3.80. The van der Waals surface area contributed by atoms with Gasteiger partial charge in [-0.2, -0.15) is 0 Å². The first kappa shape index (κ1) is 22.7. The second-order valence-corrected chi connectivity index (χ2v) is 9.29. The number of fused-ring (bicyclic) bond motifs is 3. The number of carbonyl (C=O) groups excluding carboxylic acids is 1. The van der Waals surface area contributed by atoms with Gasteiger partial charge in [0.2, 0.25) is 0 Å². The minimum Gasteiger partial charge on any atom is -0.491 e. The minimum atomic E-state index is -0.768. The number of benzene rings is 1. The second kappa shape index (κ2) is 8.40. The molecule has 0 saturated carbocycles. The van der Waals surface area contributed by atoms with Gasteiger partial charge in [0.25, 0.3) is 5.91 Å². The summed E-state index contributed by atoms with van der Waals surface area (Å²) in [6.07, 6.45) is 1.70. The van der Waals surface area contributed by atoms with Crippen LogP contribution in [0.2, 0.25) is 0 Å². The molecule has 2 aliphatic rings. The van der Waals surface area contributed by atoms with E-state index in [-0.39, 0.29) is 24.7 Å². The smallest absolute Gasteiger partial charge is 0.269 e. The summed E-state index contributed by atoms with van der Waals surface area (Å²) in [5, 5.41) is 4.24. The molecule has 5 heterocycles. The molecule has 0 bridgehead atoms. The van der Waals surface area contributed by atoms with Crippen LogP contribution in [-0.4, -0.2) is 63.2 Å². The average molecular weight is 491 g/mol. The molecule has 11 heteroatoms. The zero-order valence-electron chi connectivity index (χ0n) is 20.0. The SMILES string of the molecule is CNC(=O)c1ccc2ccc(OC[C@H]3O[C@@H](n4ccc5c(N)ncnc54)[C@@H]4OC(C)(C)O[C@@H]43)cc2n1. The van der Waals surface area contributed by atoms with Crippen molar-refractivity contribution in [2.75, 3.05) is 19.4 Å². The van der Waals surface area contributed by atoms with Crippen LogP contribution in [0, 0.1) is 0 Å². The third-order valence-corrected chi connectivity index (χ3v) is 6.48. The monoisotopic (exact) mass is 490 g/mol. The van der Waals surface area contributed by atoms with Crippen LogP contribution in [0.4, 0.5) is 5.82 Å². The van der Waals surface area contributed by atoms with Crippen molar-refractivity contribution in [2.24, 2.45) is 0 Å². The summed E-state index contributed by atoms with van der Waals surface area (Å²) in [6.45, 7) is 3.99. The molecule has 11 nitrogen and oxygen atoms in total. The predicted octanol–water partition coefficient (Wildman–Crippen LogP) is 2.42. The van der Waals surface area contributed by atoms with Gasteiger partial charge in [0.15, 0.2) is 12.0 Å². The molecule has 0 spiro atoms. The number of hydrogen-bond donors (Lipinski definition) is 2. The number of nitrogen functional groups attached to an aromatic ring is 1. The summed E-state index contributed by atoms with van der Waals surface area (Å²) in [4.78, 5) is 24.9. The van der Waals surface area contributed by atoms with Crippen molar-refractivity contribution in [3.05, 3.63) is 54.6 Å². The van der Waals surface area contributed by atoms with E-state index in [4.69, 9.17) is 24.7 Å². The Morgan fingerprint density at radius 2 is 1.97 bits per heavy atom. The molecule has 1 aromatic carbocycles. The molecule has 36 heavy (non-hydrogen) atoms. The van der Waals surface area contributed by atoms with Gasteiger partial charge in [-0.15, -0.1) is 0 Å². The maximum atomic E-state index is 12.0. The van der Waals surface area contributed by atoms with Gasteiger partial charge in [-0.3, -0.25) is 4.79 Å². The van der Waals surface area contributed by atoms with Crippen LogP contribution in [0.1, 0.15) is 30.6 Å².